The van der Waals surface area contributed by atoms with Crippen molar-refractivity contribution in [2.45, 2.75) is 30.7 Å². The van der Waals surface area contributed by atoms with E-state index in [1.807, 2.05) is 6.92 Å². The molecule has 3 aromatic rings. The molecule has 10 nitrogen and oxygen atoms in total. The average Bonchev–Trinajstić information content (AvgIpc) is 3.49. The zero-order valence-corrected chi connectivity index (χ0v) is 19.3. The highest BCUT2D eigenvalue weighted by Gasteiger charge is 2.39. The minimum absolute atomic E-state index is 0.128. The van der Waals surface area contributed by atoms with Crippen LogP contribution in [0.2, 0.25) is 0 Å². The van der Waals surface area contributed by atoms with Gasteiger partial charge < -0.3 is 13.9 Å². The molecule has 1 aliphatic heterocycles. The standard InChI is InChI=1S/C22H24N4O6S/c1-14-6-8-18(9-7-14)33(28,29)26-10-4-5-19(26)20(27)23-22-25-24-21(32-22)15-11-16(30-2)13-17(12-15)31-3/h6-9,11-13,19H,4-5,10H2,1-3H3,(H,23,25,27)/t19-/m1/s1. The minimum Gasteiger partial charge on any atom is -0.497 e. The second kappa shape index (κ2) is 9.20. The highest BCUT2D eigenvalue weighted by molar-refractivity contribution is 7.89. The molecule has 4 rings (SSSR count). The predicted octanol–water partition coefficient (Wildman–Crippen LogP) is 2.85. The lowest BCUT2D eigenvalue weighted by Gasteiger charge is -2.22. The molecule has 0 unspecified atom stereocenters. The van der Waals surface area contributed by atoms with E-state index in [9.17, 15) is 13.2 Å². The topological polar surface area (TPSA) is 124 Å². The van der Waals surface area contributed by atoms with Gasteiger partial charge in [-0.3, -0.25) is 10.1 Å². The molecule has 1 aliphatic rings. The monoisotopic (exact) mass is 472 g/mol. The summed E-state index contributed by atoms with van der Waals surface area (Å²) >= 11 is 0. The van der Waals surface area contributed by atoms with Gasteiger partial charge in [-0.25, -0.2) is 8.42 Å². The highest BCUT2D eigenvalue weighted by atomic mass is 32.2. The number of carbonyl (C=O) groups excluding carboxylic acids is 1. The van der Waals surface area contributed by atoms with Crippen molar-refractivity contribution >= 4 is 21.9 Å². The van der Waals surface area contributed by atoms with E-state index in [1.54, 1.807) is 42.5 Å². The number of hydrogen-bond donors (Lipinski definition) is 1. The first-order chi connectivity index (χ1) is 15.8. The van der Waals surface area contributed by atoms with Crippen LogP contribution in [0.3, 0.4) is 0 Å². The smallest absolute Gasteiger partial charge is 0.322 e. The molecular formula is C22H24N4O6S. The van der Waals surface area contributed by atoms with E-state index in [4.69, 9.17) is 13.9 Å². The Kier molecular flexibility index (Phi) is 6.34. The van der Waals surface area contributed by atoms with Gasteiger partial charge >= 0.3 is 6.01 Å². The second-order valence-corrected chi connectivity index (χ2v) is 9.48. The maximum atomic E-state index is 13.1. The van der Waals surface area contributed by atoms with Crippen molar-refractivity contribution in [2.24, 2.45) is 0 Å². The summed E-state index contributed by atoms with van der Waals surface area (Å²) in [6, 6.07) is 10.6. The number of methoxy groups -OCH3 is 2. The molecule has 0 aliphatic carbocycles. The molecule has 0 radical (unpaired) electrons. The number of aryl methyl sites for hydroxylation is 1. The number of amides is 1. The first-order valence-electron chi connectivity index (χ1n) is 10.3. The normalized spacial score (nSPS) is 16.5. The third-order valence-corrected chi connectivity index (χ3v) is 7.31. The highest BCUT2D eigenvalue weighted by Crippen LogP contribution is 2.30. The maximum Gasteiger partial charge on any atom is 0.322 e. The summed E-state index contributed by atoms with van der Waals surface area (Å²) in [7, 11) is -0.769. The van der Waals surface area contributed by atoms with Crippen molar-refractivity contribution in [3.05, 3.63) is 48.0 Å². The fourth-order valence-corrected chi connectivity index (χ4v) is 5.30. The number of ether oxygens (including phenoxy) is 2. The predicted molar refractivity (Wildman–Crippen MR) is 120 cm³/mol. The molecule has 1 N–H and O–H groups in total. The molecule has 1 fully saturated rings. The largest absolute Gasteiger partial charge is 0.497 e. The number of rotatable bonds is 7. The summed E-state index contributed by atoms with van der Waals surface area (Å²) in [5.74, 6) is 0.701. The summed E-state index contributed by atoms with van der Waals surface area (Å²) in [5, 5.41) is 10.4. The Labute approximate surface area is 191 Å². The van der Waals surface area contributed by atoms with Gasteiger partial charge in [-0.05, 0) is 44.0 Å². The number of sulfonamides is 1. The number of benzene rings is 2. The number of nitrogens with one attached hydrogen (secondary N) is 1. The first kappa shape index (κ1) is 22.7. The zero-order chi connectivity index (χ0) is 23.6. The molecule has 33 heavy (non-hydrogen) atoms. The van der Waals surface area contributed by atoms with Gasteiger partial charge in [0.25, 0.3) is 0 Å². The molecule has 1 atom stereocenters. The Morgan fingerprint density at radius 3 is 2.39 bits per heavy atom. The number of anilines is 1. The fourth-order valence-electron chi connectivity index (χ4n) is 3.65. The molecule has 0 spiro atoms. The van der Waals surface area contributed by atoms with Crippen LogP contribution in [-0.2, 0) is 14.8 Å². The lowest BCUT2D eigenvalue weighted by Crippen LogP contribution is -2.43. The fraction of sp³-hybridized carbons (Fsp3) is 0.318. The molecule has 1 saturated heterocycles. The van der Waals surface area contributed by atoms with E-state index in [0.717, 1.165) is 5.56 Å². The lowest BCUT2D eigenvalue weighted by molar-refractivity contribution is -0.119. The van der Waals surface area contributed by atoms with Gasteiger partial charge in [0.05, 0.1) is 19.1 Å². The number of carbonyl (C=O) groups is 1. The van der Waals surface area contributed by atoms with Gasteiger partial charge in [0.2, 0.25) is 21.8 Å². The summed E-state index contributed by atoms with van der Waals surface area (Å²) in [5.41, 5.74) is 1.49. The molecule has 1 amide bonds. The van der Waals surface area contributed by atoms with Gasteiger partial charge in [0, 0.05) is 18.2 Å². The first-order valence-corrected chi connectivity index (χ1v) is 11.7. The third kappa shape index (κ3) is 4.69. The van der Waals surface area contributed by atoms with Crippen molar-refractivity contribution in [3.8, 4) is 23.0 Å². The Morgan fingerprint density at radius 2 is 1.76 bits per heavy atom. The molecule has 174 valence electrons. The van der Waals surface area contributed by atoms with Gasteiger partial charge in [0.1, 0.15) is 17.5 Å². The van der Waals surface area contributed by atoms with Crippen molar-refractivity contribution in [2.75, 3.05) is 26.1 Å². The van der Waals surface area contributed by atoms with Gasteiger partial charge in [0.15, 0.2) is 0 Å². The molecule has 2 aromatic carbocycles. The quantitative estimate of drug-likeness (QED) is 0.557. The van der Waals surface area contributed by atoms with Crippen LogP contribution in [0, 0.1) is 6.92 Å². The summed E-state index contributed by atoms with van der Waals surface area (Å²) < 4.78 is 43.5. The Hall–Kier alpha value is -3.44. The molecule has 11 heteroatoms. The maximum absolute atomic E-state index is 13.1. The van der Waals surface area contributed by atoms with Gasteiger partial charge in [-0.15, -0.1) is 5.10 Å². The van der Waals surface area contributed by atoms with Crippen molar-refractivity contribution in [1.82, 2.24) is 14.5 Å². The molecule has 0 bridgehead atoms. The van der Waals surface area contributed by atoms with E-state index in [1.165, 1.54) is 18.5 Å². The molecule has 0 saturated carbocycles. The van der Waals surface area contributed by atoms with E-state index >= 15 is 0 Å². The van der Waals surface area contributed by atoms with Gasteiger partial charge in [-0.1, -0.05) is 22.8 Å². The van der Waals surface area contributed by atoms with Crippen molar-refractivity contribution < 1.29 is 27.1 Å². The molecular weight excluding hydrogens is 448 g/mol. The van der Waals surface area contributed by atoms with Crippen LogP contribution in [0.5, 0.6) is 11.5 Å². The third-order valence-electron chi connectivity index (χ3n) is 5.39. The van der Waals surface area contributed by atoms with Crippen LogP contribution in [0.4, 0.5) is 6.01 Å². The zero-order valence-electron chi connectivity index (χ0n) is 18.4. The number of nitrogens with zero attached hydrogens (tertiary/aromatic N) is 3. The summed E-state index contributed by atoms with van der Waals surface area (Å²) in [6.45, 7) is 2.13. The van der Waals surface area contributed by atoms with Gasteiger partial charge in [-0.2, -0.15) is 4.31 Å². The number of aromatic nitrogens is 2. The van der Waals surface area contributed by atoms with Crippen LogP contribution < -0.4 is 14.8 Å². The molecule has 2 heterocycles. The number of hydrogen-bond acceptors (Lipinski definition) is 8. The van der Waals surface area contributed by atoms with E-state index in [0.29, 0.717) is 29.9 Å². The second-order valence-electron chi connectivity index (χ2n) is 7.59. The Balaban J connectivity index is 1.52. The molecule has 1 aromatic heterocycles. The lowest BCUT2D eigenvalue weighted by atomic mass is 10.2. The summed E-state index contributed by atoms with van der Waals surface area (Å²) in [4.78, 5) is 13.1. The van der Waals surface area contributed by atoms with E-state index in [-0.39, 0.29) is 23.3 Å². The van der Waals surface area contributed by atoms with Crippen LogP contribution in [0.25, 0.3) is 11.5 Å². The van der Waals surface area contributed by atoms with Crippen LogP contribution in [0.1, 0.15) is 18.4 Å². The minimum atomic E-state index is -3.82. The van der Waals surface area contributed by atoms with E-state index < -0.39 is 22.0 Å². The average molecular weight is 473 g/mol. The summed E-state index contributed by atoms with van der Waals surface area (Å²) in [6.07, 6.45) is 0.965. The van der Waals surface area contributed by atoms with Crippen LogP contribution in [-0.4, -0.2) is 55.6 Å². The van der Waals surface area contributed by atoms with Crippen LogP contribution in [0.15, 0.2) is 51.8 Å². The van der Waals surface area contributed by atoms with Crippen LogP contribution >= 0.6 is 0 Å². The van der Waals surface area contributed by atoms with E-state index in [2.05, 4.69) is 15.5 Å². The Bertz CT molecular complexity index is 1230. The SMILES string of the molecule is COc1cc(OC)cc(-c2nnc(NC(=O)[C@H]3CCCN3S(=O)(=O)c3ccc(C)cc3)o2)c1. The van der Waals surface area contributed by atoms with Crippen molar-refractivity contribution in [1.29, 1.82) is 0 Å². The van der Waals surface area contributed by atoms with Crippen molar-refractivity contribution in [3.63, 3.8) is 0 Å². The Morgan fingerprint density at radius 1 is 1.09 bits per heavy atom.